The second kappa shape index (κ2) is 6.84. The van der Waals surface area contributed by atoms with Crippen LogP contribution in [0.3, 0.4) is 0 Å². The molecule has 0 radical (unpaired) electrons. The van der Waals surface area contributed by atoms with Gasteiger partial charge in [-0.25, -0.2) is 9.37 Å². The molecule has 154 valence electrons. The molecule has 1 aliphatic heterocycles. The van der Waals surface area contributed by atoms with Gasteiger partial charge in [0.05, 0.1) is 10.5 Å². The molecule has 29 heavy (non-hydrogen) atoms. The van der Waals surface area contributed by atoms with Crippen LogP contribution in [0.2, 0.25) is 5.02 Å². The minimum Gasteiger partial charge on any atom is -0.484 e. The van der Waals surface area contributed by atoms with Gasteiger partial charge in [-0.2, -0.15) is 0 Å². The molecule has 10 heteroatoms. The standard InChI is InChI=1S/C19H20Cl2FN5O2/c20-12-2-1-11(5-13(12)22)29-7-16(28)25-18-8-19(9-18,10-18)26-17-24-14(21)6-15-23-3-4-27(15)17/h1-5,14,17,24,26H,6-10H2,(H,25,28). The van der Waals surface area contributed by atoms with E-state index in [1.807, 2.05) is 6.20 Å². The summed E-state index contributed by atoms with van der Waals surface area (Å²) in [5.74, 6) is 0.426. The average molecular weight is 440 g/mol. The summed E-state index contributed by atoms with van der Waals surface area (Å²) in [5.41, 5.74) is -0.371. The van der Waals surface area contributed by atoms with Gasteiger partial charge in [-0.15, -0.1) is 11.6 Å². The quantitative estimate of drug-likeness (QED) is 0.475. The zero-order valence-electron chi connectivity index (χ0n) is 15.4. The van der Waals surface area contributed by atoms with Gasteiger partial charge in [-0.1, -0.05) is 11.6 Å². The highest BCUT2D eigenvalue weighted by Crippen LogP contribution is 2.60. The van der Waals surface area contributed by atoms with E-state index in [1.54, 1.807) is 6.20 Å². The van der Waals surface area contributed by atoms with Crippen molar-refractivity contribution in [2.45, 2.75) is 48.6 Å². The summed E-state index contributed by atoms with van der Waals surface area (Å²) in [6.45, 7) is -0.167. The van der Waals surface area contributed by atoms with E-state index in [9.17, 15) is 9.18 Å². The van der Waals surface area contributed by atoms with Crippen LogP contribution >= 0.6 is 23.2 Å². The normalized spacial score (nSPS) is 32.0. The largest absolute Gasteiger partial charge is 0.484 e. The molecule has 4 aliphatic rings. The van der Waals surface area contributed by atoms with E-state index in [-0.39, 0.29) is 46.2 Å². The Hall–Kier alpha value is -1.87. The lowest BCUT2D eigenvalue weighted by Crippen LogP contribution is -2.84. The van der Waals surface area contributed by atoms with E-state index in [0.29, 0.717) is 6.42 Å². The van der Waals surface area contributed by atoms with E-state index in [0.717, 1.165) is 25.1 Å². The minimum absolute atomic E-state index is 0.0133. The third-order valence-corrected chi connectivity index (χ3v) is 6.45. The van der Waals surface area contributed by atoms with Gasteiger partial charge in [0.15, 0.2) is 6.61 Å². The SMILES string of the molecule is O=C(COc1ccc(Cl)c(F)c1)NC12CC(NC3NC(Cl)Cc4nccn43)(C1)C2. The number of hydrogen-bond donors (Lipinski definition) is 3. The molecule has 1 aromatic carbocycles. The summed E-state index contributed by atoms with van der Waals surface area (Å²) in [7, 11) is 0. The van der Waals surface area contributed by atoms with Crippen LogP contribution < -0.4 is 20.7 Å². The molecule has 0 saturated heterocycles. The van der Waals surface area contributed by atoms with Crippen LogP contribution in [-0.4, -0.2) is 38.6 Å². The number of aromatic nitrogens is 2. The molecule has 0 spiro atoms. The lowest BCUT2D eigenvalue weighted by molar-refractivity contribution is -0.147. The Balaban J connectivity index is 1.12. The van der Waals surface area contributed by atoms with Crippen molar-refractivity contribution in [2.24, 2.45) is 0 Å². The fraction of sp³-hybridized carbons (Fsp3) is 0.474. The van der Waals surface area contributed by atoms with Gasteiger partial charge in [0.25, 0.3) is 5.91 Å². The first-order valence-corrected chi connectivity index (χ1v) is 10.3. The zero-order chi connectivity index (χ0) is 20.2. The lowest BCUT2D eigenvalue weighted by atomic mass is 9.44. The van der Waals surface area contributed by atoms with Crippen LogP contribution in [0.4, 0.5) is 4.39 Å². The number of hydrogen-bond acceptors (Lipinski definition) is 5. The average Bonchev–Trinajstić information content (AvgIpc) is 3.08. The second-order valence-electron chi connectivity index (χ2n) is 8.14. The first-order valence-electron chi connectivity index (χ1n) is 9.44. The van der Waals surface area contributed by atoms with E-state index in [4.69, 9.17) is 27.9 Å². The van der Waals surface area contributed by atoms with Crippen molar-refractivity contribution in [3.8, 4) is 5.75 Å². The van der Waals surface area contributed by atoms with Crippen molar-refractivity contribution in [1.29, 1.82) is 0 Å². The molecule has 1 amide bonds. The number of nitrogens with one attached hydrogen (secondary N) is 3. The number of halogens is 3. The lowest BCUT2D eigenvalue weighted by Gasteiger charge is -2.71. The number of rotatable bonds is 6. The van der Waals surface area contributed by atoms with E-state index in [1.165, 1.54) is 18.2 Å². The predicted molar refractivity (Wildman–Crippen MR) is 105 cm³/mol. The molecule has 2 bridgehead atoms. The highest BCUT2D eigenvalue weighted by molar-refractivity contribution is 6.30. The topological polar surface area (TPSA) is 80.2 Å². The molecule has 3 fully saturated rings. The molecule has 3 N–H and O–H groups in total. The van der Waals surface area contributed by atoms with Crippen LogP contribution in [-0.2, 0) is 11.2 Å². The van der Waals surface area contributed by atoms with Crippen LogP contribution in [0.15, 0.2) is 30.6 Å². The first-order chi connectivity index (χ1) is 13.9. The molecule has 2 atom stereocenters. The van der Waals surface area contributed by atoms with Gasteiger partial charge < -0.3 is 14.6 Å². The van der Waals surface area contributed by atoms with Crippen LogP contribution in [0.5, 0.6) is 5.75 Å². The van der Waals surface area contributed by atoms with Crippen LogP contribution in [0.1, 0.15) is 31.4 Å². The Morgan fingerprint density at radius 2 is 2.17 bits per heavy atom. The summed E-state index contributed by atoms with van der Waals surface area (Å²) < 4.78 is 20.9. The smallest absolute Gasteiger partial charge is 0.258 e. The number of ether oxygens (including phenoxy) is 1. The molecule has 6 rings (SSSR count). The molecular weight excluding hydrogens is 420 g/mol. The molecular formula is C19H20Cl2FN5O2. The summed E-state index contributed by atoms with van der Waals surface area (Å²) in [6.07, 6.45) is 6.81. The minimum atomic E-state index is -0.575. The number of carbonyl (C=O) groups is 1. The Bertz CT molecular complexity index is 948. The van der Waals surface area contributed by atoms with Crippen molar-refractivity contribution < 1.29 is 13.9 Å². The van der Waals surface area contributed by atoms with Gasteiger partial charge in [0.1, 0.15) is 23.7 Å². The van der Waals surface area contributed by atoms with Crippen molar-refractivity contribution in [3.63, 3.8) is 0 Å². The Morgan fingerprint density at radius 3 is 2.93 bits per heavy atom. The van der Waals surface area contributed by atoms with E-state index >= 15 is 0 Å². The highest BCUT2D eigenvalue weighted by atomic mass is 35.5. The van der Waals surface area contributed by atoms with Gasteiger partial charge in [-0.3, -0.25) is 15.4 Å². The summed E-state index contributed by atoms with van der Waals surface area (Å²) >= 11 is 11.9. The van der Waals surface area contributed by atoms with E-state index in [2.05, 4.69) is 25.5 Å². The van der Waals surface area contributed by atoms with Gasteiger partial charge >= 0.3 is 0 Å². The van der Waals surface area contributed by atoms with Gasteiger partial charge in [0, 0.05) is 36.0 Å². The third-order valence-electron chi connectivity index (χ3n) is 5.87. The fourth-order valence-electron chi connectivity index (χ4n) is 4.73. The molecule has 2 heterocycles. The number of nitrogens with zero attached hydrogens (tertiary/aromatic N) is 2. The maximum absolute atomic E-state index is 13.4. The van der Waals surface area contributed by atoms with Crippen molar-refractivity contribution in [2.75, 3.05) is 6.61 Å². The first kappa shape index (κ1) is 19.1. The Labute approximate surface area is 176 Å². The molecule has 2 aromatic rings. The maximum atomic E-state index is 13.4. The number of amides is 1. The monoisotopic (exact) mass is 439 g/mol. The predicted octanol–water partition coefficient (Wildman–Crippen LogP) is 2.30. The van der Waals surface area contributed by atoms with Crippen molar-refractivity contribution in [1.82, 2.24) is 25.5 Å². The molecule has 1 aromatic heterocycles. The molecule has 3 aliphatic carbocycles. The fourth-order valence-corrected chi connectivity index (χ4v) is 5.10. The van der Waals surface area contributed by atoms with Crippen molar-refractivity contribution in [3.05, 3.63) is 47.3 Å². The molecule has 7 nitrogen and oxygen atoms in total. The summed E-state index contributed by atoms with van der Waals surface area (Å²) in [6, 6.07) is 4.10. The molecule has 2 unspecified atom stereocenters. The van der Waals surface area contributed by atoms with Gasteiger partial charge in [-0.05, 0) is 31.4 Å². The summed E-state index contributed by atoms with van der Waals surface area (Å²) in [5, 5.41) is 10.0. The van der Waals surface area contributed by atoms with Crippen molar-refractivity contribution >= 4 is 29.1 Å². The molecule has 3 saturated carbocycles. The highest BCUT2D eigenvalue weighted by Gasteiger charge is 2.69. The number of imidazole rings is 1. The maximum Gasteiger partial charge on any atom is 0.258 e. The van der Waals surface area contributed by atoms with Gasteiger partial charge in [0.2, 0.25) is 0 Å². The van der Waals surface area contributed by atoms with Crippen LogP contribution in [0, 0.1) is 5.82 Å². The summed E-state index contributed by atoms with van der Waals surface area (Å²) in [4.78, 5) is 16.6. The number of fused-ring (bicyclic) bond motifs is 1. The number of alkyl halides is 1. The third kappa shape index (κ3) is 3.48. The number of carbonyl (C=O) groups excluding carboxylic acids is 1. The second-order valence-corrected chi connectivity index (χ2v) is 9.07. The van der Waals surface area contributed by atoms with E-state index < -0.39 is 5.82 Å². The Kier molecular flexibility index (Phi) is 4.51. The Morgan fingerprint density at radius 1 is 1.38 bits per heavy atom. The van der Waals surface area contributed by atoms with Crippen LogP contribution in [0.25, 0.3) is 0 Å². The zero-order valence-corrected chi connectivity index (χ0v) is 16.9. The number of benzene rings is 1.